The Morgan fingerprint density at radius 3 is 2.44 bits per heavy atom. The van der Waals surface area contributed by atoms with Gasteiger partial charge in [0.1, 0.15) is 0 Å². The van der Waals surface area contributed by atoms with Gasteiger partial charge in [0.25, 0.3) is 0 Å². The van der Waals surface area contributed by atoms with Gasteiger partial charge in [-0.25, -0.2) is 4.79 Å². The van der Waals surface area contributed by atoms with Gasteiger partial charge >= 0.3 is 6.09 Å². The maximum absolute atomic E-state index is 11.6. The molecule has 1 aromatic rings. The summed E-state index contributed by atoms with van der Waals surface area (Å²) >= 11 is 0. The topological polar surface area (TPSA) is 32.8 Å². The number of carbonyl (C=O) groups excluding carboxylic acids is 1. The number of rotatable bonds is 3. The summed E-state index contributed by atoms with van der Waals surface area (Å²) in [6, 6.07) is 7.46. The van der Waals surface area contributed by atoms with Crippen molar-refractivity contribution in [3.05, 3.63) is 24.3 Å². The maximum atomic E-state index is 11.6. The third-order valence-corrected chi connectivity index (χ3v) is 2.33. The summed E-state index contributed by atoms with van der Waals surface area (Å²) in [4.78, 5) is 15.0. The molecule has 0 saturated heterocycles. The Morgan fingerprint density at radius 2 is 1.88 bits per heavy atom. The molecule has 16 heavy (non-hydrogen) atoms. The highest BCUT2D eigenvalue weighted by Gasteiger charge is 2.12. The molecule has 4 nitrogen and oxygen atoms in total. The highest BCUT2D eigenvalue weighted by molar-refractivity contribution is 5.73. The summed E-state index contributed by atoms with van der Waals surface area (Å²) < 4.78 is 5.30. The van der Waals surface area contributed by atoms with Crippen molar-refractivity contribution in [3.8, 4) is 5.75 Å². The second kappa shape index (κ2) is 5.39. The van der Waals surface area contributed by atoms with Crippen molar-refractivity contribution in [1.82, 2.24) is 4.90 Å². The van der Waals surface area contributed by atoms with E-state index in [1.165, 1.54) is 4.90 Å². The van der Waals surface area contributed by atoms with Crippen LogP contribution >= 0.6 is 0 Å². The number of benzene rings is 1. The fourth-order valence-corrected chi connectivity index (χ4v) is 1.21. The lowest BCUT2D eigenvalue weighted by molar-refractivity contribution is 0.165. The standard InChI is InChI=1S/C12H18N2O2/c1-5-14(4)12(15)16-11-9-7-6-8-10(11)13(2)3/h6-9H,5H2,1-4H3. The Bertz CT molecular complexity index is 364. The predicted molar refractivity (Wildman–Crippen MR) is 65.1 cm³/mol. The Labute approximate surface area is 96.4 Å². The molecule has 0 aliphatic rings. The van der Waals surface area contributed by atoms with Gasteiger partial charge in [-0.05, 0) is 19.1 Å². The van der Waals surface area contributed by atoms with E-state index in [2.05, 4.69) is 0 Å². The van der Waals surface area contributed by atoms with Crippen LogP contribution in [0.4, 0.5) is 10.5 Å². The number of nitrogens with zero attached hydrogens (tertiary/aromatic N) is 2. The molecule has 0 unspecified atom stereocenters. The summed E-state index contributed by atoms with van der Waals surface area (Å²) in [7, 11) is 5.53. The first-order valence-corrected chi connectivity index (χ1v) is 5.25. The molecule has 0 aliphatic heterocycles. The van der Waals surface area contributed by atoms with Crippen LogP contribution in [0.25, 0.3) is 0 Å². The quantitative estimate of drug-likeness (QED) is 0.786. The molecule has 1 aromatic carbocycles. The zero-order valence-electron chi connectivity index (χ0n) is 10.2. The van der Waals surface area contributed by atoms with Gasteiger partial charge in [0.15, 0.2) is 5.75 Å². The number of amides is 1. The van der Waals surface area contributed by atoms with E-state index in [1.807, 2.05) is 44.1 Å². The van der Waals surface area contributed by atoms with Crippen molar-refractivity contribution in [2.75, 3.05) is 32.6 Å². The Morgan fingerprint density at radius 1 is 1.25 bits per heavy atom. The van der Waals surface area contributed by atoms with Crippen LogP contribution in [0, 0.1) is 0 Å². The molecule has 0 N–H and O–H groups in total. The molecular weight excluding hydrogens is 204 g/mol. The second-order valence-corrected chi connectivity index (χ2v) is 3.74. The molecule has 0 bridgehead atoms. The third-order valence-electron chi connectivity index (χ3n) is 2.33. The lowest BCUT2D eigenvalue weighted by atomic mass is 10.3. The van der Waals surface area contributed by atoms with Crippen LogP contribution in [-0.4, -0.2) is 38.7 Å². The number of hydrogen-bond donors (Lipinski definition) is 0. The fraction of sp³-hybridized carbons (Fsp3) is 0.417. The van der Waals surface area contributed by atoms with E-state index >= 15 is 0 Å². The average molecular weight is 222 g/mol. The van der Waals surface area contributed by atoms with E-state index < -0.39 is 0 Å². The molecule has 0 aromatic heterocycles. The number of anilines is 1. The first kappa shape index (κ1) is 12.4. The van der Waals surface area contributed by atoms with Crippen LogP contribution < -0.4 is 9.64 Å². The highest BCUT2D eigenvalue weighted by Crippen LogP contribution is 2.26. The highest BCUT2D eigenvalue weighted by atomic mass is 16.6. The van der Waals surface area contributed by atoms with Gasteiger partial charge < -0.3 is 14.5 Å². The van der Waals surface area contributed by atoms with E-state index in [0.717, 1.165) is 5.69 Å². The molecule has 0 aliphatic carbocycles. The van der Waals surface area contributed by atoms with E-state index in [0.29, 0.717) is 12.3 Å². The SMILES string of the molecule is CCN(C)C(=O)Oc1ccccc1N(C)C. The zero-order valence-corrected chi connectivity index (χ0v) is 10.2. The number of ether oxygens (including phenoxy) is 1. The van der Waals surface area contributed by atoms with Crippen LogP contribution in [0.2, 0.25) is 0 Å². The molecule has 4 heteroatoms. The normalized spacial score (nSPS) is 9.75. The monoisotopic (exact) mass is 222 g/mol. The minimum absolute atomic E-state index is 0.336. The Kier molecular flexibility index (Phi) is 4.17. The average Bonchev–Trinajstić information content (AvgIpc) is 2.28. The lowest BCUT2D eigenvalue weighted by Crippen LogP contribution is -2.29. The van der Waals surface area contributed by atoms with Gasteiger partial charge in [-0.3, -0.25) is 0 Å². The molecule has 88 valence electrons. The molecule has 0 spiro atoms. The minimum Gasteiger partial charge on any atom is -0.408 e. The Balaban J connectivity index is 2.84. The molecular formula is C12H18N2O2. The Hall–Kier alpha value is -1.71. The number of carbonyl (C=O) groups is 1. The van der Waals surface area contributed by atoms with E-state index in [-0.39, 0.29) is 6.09 Å². The second-order valence-electron chi connectivity index (χ2n) is 3.74. The van der Waals surface area contributed by atoms with Crippen LogP contribution in [-0.2, 0) is 0 Å². The first-order chi connectivity index (χ1) is 7.56. The molecule has 0 atom stereocenters. The van der Waals surface area contributed by atoms with Crippen molar-refractivity contribution in [3.63, 3.8) is 0 Å². The lowest BCUT2D eigenvalue weighted by Gasteiger charge is -2.19. The van der Waals surface area contributed by atoms with Crippen molar-refractivity contribution in [1.29, 1.82) is 0 Å². The predicted octanol–water partition coefficient (Wildman–Crippen LogP) is 2.20. The number of hydrogen-bond acceptors (Lipinski definition) is 3. The molecule has 0 heterocycles. The molecule has 0 radical (unpaired) electrons. The zero-order chi connectivity index (χ0) is 12.1. The molecule has 0 fully saturated rings. The van der Waals surface area contributed by atoms with Gasteiger partial charge in [0.2, 0.25) is 0 Å². The van der Waals surface area contributed by atoms with Gasteiger partial charge in [-0.1, -0.05) is 12.1 Å². The van der Waals surface area contributed by atoms with Crippen molar-refractivity contribution in [2.45, 2.75) is 6.92 Å². The largest absolute Gasteiger partial charge is 0.415 e. The van der Waals surface area contributed by atoms with Crippen molar-refractivity contribution < 1.29 is 9.53 Å². The maximum Gasteiger partial charge on any atom is 0.415 e. The van der Waals surface area contributed by atoms with Crippen LogP contribution in [0.5, 0.6) is 5.75 Å². The van der Waals surface area contributed by atoms with Crippen LogP contribution in [0.15, 0.2) is 24.3 Å². The summed E-state index contributed by atoms with van der Waals surface area (Å²) in [5.41, 5.74) is 0.889. The number of para-hydroxylation sites is 2. The van der Waals surface area contributed by atoms with Gasteiger partial charge in [-0.2, -0.15) is 0 Å². The summed E-state index contributed by atoms with van der Waals surface area (Å²) in [5, 5.41) is 0. The van der Waals surface area contributed by atoms with Gasteiger partial charge in [0.05, 0.1) is 5.69 Å². The van der Waals surface area contributed by atoms with E-state index in [1.54, 1.807) is 13.1 Å². The van der Waals surface area contributed by atoms with Crippen molar-refractivity contribution >= 4 is 11.8 Å². The van der Waals surface area contributed by atoms with Crippen LogP contribution in [0.3, 0.4) is 0 Å². The third kappa shape index (κ3) is 2.89. The molecule has 1 amide bonds. The summed E-state index contributed by atoms with van der Waals surface area (Å²) in [6.45, 7) is 2.53. The summed E-state index contributed by atoms with van der Waals surface area (Å²) in [5.74, 6) is 0.581. The van der Waals surface area contributed by atoms with Gasteiger partial charge in [0, 0.05) is 27.7 Å². The fourth-order valence-electron chi connectivity index (χ4n) is 1.21. The summed E-state index contributed by atoms with van der Waals surface area (Å²) in [6.07, 6.45) is -0.336. The molecule has 0 saturated carbocycles. The van der Waals surface area contributed by atoms with Gasteiger partial charge in [-0.15, -0.1) is 0 Å². The smallest absolute Gasteiger partial charge is 0.408 e. The minimum atomic E-state index is -0.336. The first-order valence-electron chi connectivity index (χ1n) is 5.25. The van der Waals surface area contributed by atoms with E-state index in [4.69, 9.17) is 4.74 Å². The van der Waals surface area contributed by atoms with E-state index in [9.17, 15) is 4.79 Å². The van der Waals surface area contributed by atoms with Crippen molar-refractivity contribution in [2.24, 2.45) is 0 Å². The molecule has 1 rings (SSSR count). The van der Waals surface area contributed by atoms with Crippen LogP contribution in [0.1, 0.15) is 6.92 Å².